The highest BCUT2D eigenvalue weighted by Crippen LogP contribution is 2.31. The molecule has 0 fully saturated rings. The number of imidazole rings is 1. The average Bonchev–Trinajstić information content (AvgIpc) is 2.95. The predicted octanol–water partition coefficient (Wildman–Crippen LogP) is 3.93. The molecule has 3 rings (SSSR count). The van der Waals surface area contributed by atoms with Crippen molar-refractivity contribution in [3.63, 3.8) is 0 Å². The van der Waals surface area contributed by atoms with Crippen LogP contribution in [0.2, 0.25) is 0 Å². The van der Waals surface area contributed by atoms with Crippen LogP contribution in [0.25, 0.3) is 4.96 Å². The van der Waals surface area contributed by atoms with Gasteiger partial charge in [-0.25, -0.2) is 0 Å². The molecule has 0 radical (unpaired) electrons. The van der Waals surface area contributed by atoms with E-state index >= 15 is 0 Å². The third-order valence-corrected chi connectivity index (χ3v) is 4.10. The number of nitrogens with zero attached hydrogens (tertiary/aromatic N) is 2. The lowest BCUT2D eigenvalue weighted by molar-refractivity contribution is 0.111. The largest absolute Gasteiger partial charge is 0.437 e. The number of rotatable bonds is 3. The fourth-order valence-electron chi connectivity index (χ4n) is 2.18. The van der Waals surface area contributed by atoms with Crippen LogP contribution in [0.4, 0.5) is 0 Å². The second-order valence-electron chi connectivity index (χ2n) is 4.78. The van der Waals surface area contributed by atoms with E-state index in [1.807, 2.05) is 38.4 Å². The quantitative estimate of drug-likeness (QED) is 0.685. The third kappa shape index (κ3) is 2.00. The zero-order valence-corrected chi connectivity index (χ0v) is 12.3. The molecule has 0 aliphatic carbocycles. The van der Waals surface area contributed by atoms with Gasteiger partial charge in [-0.05, 0) is 43.5 Å². The van der Waals surface area contributed by atoms with Gasteiger partial charge in [-0.2, -0.15) is 4.98 Å². The smallest absolute Gasteiger partial charge is 0.250 e. The third-order valence-electron chi connectivity index (χ3n) is 3.35. The van der Waals surface area contributed by atoms with Gasteiger partial charge in [0.15, 0.2) is 16.9 Å². The molecular formula is C15H14N2O2S. The summed E-state index contributed by atoms with van der Waals surface area (Å²) < 4.78 is 7.62. The molecule has 3 aromatic rings. The minimum absolute atomic E-state index is 0.361. The molecule has 0 bridgehead atoms. The Labute approximate surface area is 120 Å². The Bertz CT molecular complexity index is 802. The van der Waals surface area contributed by atoms with Gasteiger partial charge in [0.25, 0.3) is 0 Å². The number of fused-ring (bicyclic) bond motifs is 1. The van der Waals surface area contributed by atoms with E-state index in [1.165, 1.54) is 11.3 Å². The van der Waals surface area contributed by atoms with Gasteiger partial charge in [-0.3, -0.25) is 9.20 Å². The van der Waals surface area contributed by atoms with Crippen molar-refractivity contribution >= 4 is 22.6 Å². The Morgan fingerprint density at radius 2 is 2.10 bits per heavy atom. The first-order chi connectivity index (χ1) is 9.60. The van der Waals surface area contributed by atoms with E-state index < -0.39 is 0 Å². The number of benzene rings is 1. The van der Waals surface area contributed by atoms with Gasteiger partial charge < -0.3 is 4.74 Å². The van der Waals surface area contributed by atoms with Gasteiger partial charge in [-0.1, -0.05) is 6.07 Å². The molecule has 5 heteroatoms. The highest BCUT2D eigenvalue weighted by Gasteiger charge is 2.16. The molecule has 102 valence electrons. The van der Waals surface area contributed by atoms with Crippen molar-refractivity contribution < 1.29 is 9.53 Å². The van der Waals surface area contributed by atoms with E-state index in [0.717, 1.165) is 33.7 Å². The summed E-state index contributed by atoms with van der Waals surface area (Å²) >= 11 is 1.47. The number of ether oxygens (including phenoxy) is 1. The van der Waals surface area contributed by atoms with Crippen molar-refractivity contribution in [2.24, 2.45) is 0 Å². The van der Waals surface area contributed by atoms with E-state index in [9.17, 15) is 4.79 Å². The minimum atomic E-state index is 0.361. The monoisotopic (exact) mass is 286 g/mol. The summed E-state index contributed by atoms with van der Waals surface area (Å²) in [7, 11) is 0. The van der Waals surface area contributed by atoms with Crippen LogP contribution in [0.3, 0.4) is 0 Å². The lowest BCUT2D eigenvalue weighted by Gasteiger charge is -2.10. The first-order valence-corrected chi connectivity index (χ1v) is 7.14. The van der Waals surface area contributed by atoms with Crippen LogP contribution in [-0.4, -0.2) is 15.7 Å². The van der Waals surface area contributed by atoms with Crippen molar-refractivity contribution in [2.45, 2.75) is 20.8 Å². The number of hydrogen-bond acceptors (Lipinski definition) is 4. The van der Waals surface area contributed by atoms with Crippen LogP contribution < -0.4 is 4.74 Å². The van der Waals surface area contributed by atoms with Crippen molar-refractivity contribution in [3.8, 4) is 11.6 Å². The Hall–Kier alpha value is -2.14. The van der Waals surface area contributed by atoms with Crippen molar-refractivity contribution in [1.29, 1.82) is 0 Å². The number of aldehydes is 1. The van der Waals surface area contributed by atoms with Gasteiger partial charge in [0.05, 0.1) is 0 Å². The van der Waals surface area contributed by atoms with Crippen LogP contribution in [0, 0.1) is 20.8 Å². The van der Waals surface area contributed by atoms with Crippen LogP contribution in [0.15, 0.2) is 23.7 Å². The predicted molar refractivity (Wildman–Crippen MR) is 79.2 cm³/mol. The molecule has 0 saturated carbocycles. The van der Waals surface area contributed by atoms with Gasteiger partial charge in [-0.15, -0.1) is 11.3 Å². The highest BCUT2D eigenvalue weighted by atomic mass is 32.1. The zero-order valence-electron chi connectivity index (χ0n) is 11.5. The summed E-state index contributed by atoms with van der Waals surface area (Å²) in [6, 6.07) is 4.07. The summed E-state index contributed by atoms with van der Waals surface area (Å²) in [4.78, 5) is 16.4. The van der Waals surface area contributed by atoms with E-state index in [1.54, 1.807) is 4.40 Å². The summed E-state index contributed by atoms with van der Waals surface area (Å²) in [6.45, 7) is 6.07. The van der Waals surface area contributed by atoms with Crippen molar-refractivity contribution in [1.82, 2.24) is 9.38 Å². The zero-order chi connectivity index (χ0) is 14.3. The summed E-state index contributed by atoms with van der Waals surface area (Å²) in [5, 5.41) is 1.89. The number of aromatic nitrogens is 2. The maximum absolute atomic E-state index is 11.3. The van der Waals surface area contributed by atoms with Crippen LogP contribution in [-0.2, 0) is 0 Å². The fourth-order valence-corrected chi connectivity index (χ4v) is 2.89. The van der Waals surface area contributed by atoms with Gasteiger partial charge in [0.1, 0.15) is 5.75 Å². The molecule has 0 aliphatic heterocycles. The van der Waals surface area contributed by atoms with Gasteiger partial charge >= 0.3 is 0 Å². The van der Waals surface area contributed by atoms with E-state index in [4.69, 9.17) is 4.74 Å². The van der Waals surface area contributed by atoms with Gasteiger partial charge in [0.2, 0.25) is 5.88 Å². The van der Waals surface area contributed by atoms with E-state index in [0.29, 0.717) is 11.6 Å². The molecule has 0 unspecified atom stereocenters. The second-order valence-corrected chi connectivity index (χ2v) is 5.66. The van der Waals surface area contributed by atoms with E-state index in [2.05, 4.69) is 11.1 Å². The second kappa shape index (κ2) is 4.76. The van der Waals surface area contributed by atoms with Gasteiger partial charge in [0, 0.05) is 11.6 Å². The molecule has 2 heterocycles. The number of thiazole rings is 1. The standard InChI is InChI=1S/C15H14N2O2S/c1-9-6-10(2)11(3)13(7-9)19-14-12(8-18)17-4-5-20-15(17)16-14/h4-8H,1-3H3. The molecular weight excluding hydrogens is 272 g/mol. The summed E-state index contributed by atoms with van der Waals surface area (Å²) in [5.74, 6) is 1.11. The topological polar surface area (TPSA) is 43.6 Å². The molecule has 0 atom stereocenters. The molecule has 2 aromatic heterocycles. The molecule has 1 aromatic carbocycles. The number of carbonyl (C=O) groups excluding carboxylic acids is 1. The summed E-state index contributed by atoms with van der Waals surface area (Å²) in [5.41, 5.74) is 3.79. The lowest BCUT2D eigenvalue weighted by atomic mass is 10.1. The van der Waals surface area contributed by atoms with Crippen molar-refractivity contribution in [3.05, 3.63) is 46.1 Å². The summed E-state index contributed by atoms with van der Waals surface area (Å²) in [6.07, 6.45) is 2.60. The molecule has 0 aliphatic rings. The molecule has 20 heavy (non-hydrogen) atoms. The molecule has 0 saturated heterocycles. The molecule has 4 nitrogen and oxygen atoms in total. The highest BCUT2D eigenvalue weighted by molar-refractivity contribution is 7.15. The number of aryl methyl sites for hydroxylation is 2. The Morgan fingerprint density at radius 3 is 2.85 bits per heavy atom. The maximum Gasteiger partial charge on any atom is 0.250 e. The number of hydrogen-bond donors (Lipinski definition) is 0. The van der Waals surface area contributed by atoms with Crippen LogP contribution in [0.5, 0.6) is 11.6 Å². The first-order valence-electron chi connectivity index (χ1n) is 6.26. The molecule has 0 spiro atoms. The van der Waals surface area contributed by atoms with Crippen LogP contribution >= 0.6 is 11.3 Å². The lowest BCUT2D eigenvalue weighted by Crippen LogP contribution is -1.95. The number of carbonyl (C=O) groups is 1. The Morgan fingerprint density at radius 1 is 1.30 bits per heavy atom. The Balaban J connectivity index is 2.09. The molecule has 0 N–H and O–H groups in total. The van der Waals surface area contributed by atoms with Crippen LogP contribution in [0.1, 0.15) is 27.2 Å². The maximum atomic E-state index is 11.3. The molecule has 0 amide bonds. The van der Waals surface area contributed by atoms with E-state index in [-0.39, 0.29) is 0 Å². The minimum Gasteiger partial charge on any atom is -0.437 e. The fraction of sp³-hybridized carbons (Fsp3) is 0.200. The Kier molecular flexibility index (Phi) is 3.06. The normalized spacial score (nSPS) is 10.9. The average molecular weight is 286 g/mol. The SMILES string of the molecule is Cc1cc(C)c(C)c(Oc2nc3sccn3c2C=O)c1. The first kappa shape index (κ1) is 12.9. The van der Waals surface area contributed by atoms with Crippen molar-refractivity contribution in [2.75, 3.05) is 0 Å².